The number of esters is 1. The Morgan fingerprint density at radius 1 is 1.29 bits per heavy atom. The van der Waals surface area contributed by atoms with Crippen molar-refractivity contribution in [2.24, 2.45) is 0 Å². The molecule has 0 aliphatic rings. The van der Waals surface area contributed by atoms with E-state index < -0.39 is 5.41 Å². The third kappa shape index (κ3) is 3.32. The Morgan fingerprint density at radius 2 is 2.00 bits per heavy atom. The van der Waals surface area contributed by atoms with Gasteiger partial charge in [0, 0.05) is 0 Å². The summed E-state index contributed by atoms with van der Waals surface area (Å²) in [4.78, 5) is 11.9. The van der Waals surface area contributed by atoms with Crippen LogP contribution in [0, 0.1) is 0 Å². The quantitative estimate of drug-likeness (QED) is 0.729. The number of hydrogen-bond donors (Lipinski definition) is 0. The maximum absolute atomic E-state index is 11.9. The molecule has 0 saturated carbocycles. The smallest absolute Gasteiger partial charge is 0.315 e. The molecule has 1 aromatic rings. The Labute approximate surface area is 104 Å². The summed E-state index contributed by atoms with van der Waals surface area (Å²) in [7, 11) is 0. The number of carbonyl (C=O) groups excluding carboxylic acids is 1. The highest BCUT2D eigenvalue weighted by Gasteiger charge is 2.31. The van der Waals surface area contributed by atoms with Crippen molar-refractivity contribution >= 4 is 5.97 Å². The first-order valence-corrected chi connectivity index (χ1v) is 6.29. The lowest BCUT2D eigenvalue weighted by molar-refractivity contribution is -0.148. The highest BCUT2D eigenvalue weighted by Crippen LogP contribution is 2.25. The van der Waals surface area contributed by atoms with Crippen molar-refractivity contribution in [2.75, 3.05) is 6.61 Å². The lowest BCUT2D eigenvalue weighted by Gasteiger charge is -2.23. The molecule has 0 N–H and O–H groups in total. The van der Waals surface area contributed by atoms with E-state index in [1.165, 1.54) is 5.56 Å². The van der Waals surface area contributed by atoms with Gasteiger partial charge in [-0.3, -0.25) is 4.79 Å². The summed E-state index contributed by atoms with van der Waals surface area (Å²) in [6.07, 6.45) is 2.16. The van der Waals surface area contributed by atoms with Gasteiger partial charge in [0.2, 0.25) is 0 Å². The van der Waals surface area contributed by atoms with E-state index in [0.717, 1.165) is 18.4 Å². The maximum atomic E-state index is 11.9. The van der Waals surface area contributed by atoms with Crippen LogP contribution in [-0.4, -0.2) is 12.6 Å². The van der Waals surface area contributed by atoms with Crippen LogP contribution in [0.15, 0.2) is 24.3 Å². The van der Waals surface area contributed by atoms with E-state index in [1.807, 2.05) is 32.9 Å². The standard InChI is InChI=1S/C15H22O2/c1-5-8-12-9-7-10-13(11-12)15(3,4)14(16)17-6-2/h7,9-11H,5-6,8H2,1-4H3. The Hall–Kier alpha value is -1.31. The number of carbonyl (C=O) groups is 1. The van der Waals surface area contributed by atoms with Gasteiger partial charge in [-0.2, -0.15) is 0 Å². The fourth-order valence-corrected chi connectivity index (χ4v) is 1.83. The van der Waals surface area contributed by atoms with Crippen molar-refractivity contribution in [3.8, 4) is 0 Å². The Kier molecular flexibility index (Phi) is 4.73. The number of hydrogen-bond acceptors (Lipinski definition) is 2. The van der Waals surface area contributed by atoms with Crippen LogP contribution in [0.3, 0.4) is 0 Å². The molecule has 0 aliphatic carbocycles. The predicted octanol–water partition coefficient (Wildman–Crippen LogP) is 3.48. The average Bonchev–Trinajstić information content (AvgIpc) is 2.30. The first kappa shape index (κ1) is 13.8. The molecule has 0 aromatic heterocycles. The first-order valence-electron chi connectivity index (χ1n) is 6.29. The van der Waals surface area contributed by atoms with Gasteiger partial charge in [-0.25, -0.2) is 0 Å². The average molecular weight is 234 g/mol. The lowest BCUT2D eigenvalue weighted by atomic mass is 9.83. The summed E-state index contributed by atoms with van der Waals surface area (Å²) in [6.45, 7) is 8.24. The third-order valence-corrected chi connectivity index (χ3v) is 2.97. The molecule has 0 amide bonds. The van der Waals surface area contributed by atoms with E-state index in [0.29, 0.717) is 6.61 Å². The molecule has 0 spiro atoms. The second kappa shape index (κ2) is 5.85. The van der Waals surface area contributed by atoms with Crippen molar-refractivity contribution in [1.29, 1.82) is 0 Å². The van der Waals surface area contributed by atoms with Gasteiger partial charge >= 0.3 is 5.97 Å². The van der Waals surface area contributed by atoms with E-state index in [4.69, 9.17) is 4.74 Å². The summed E-state index contributed by atoms with van der Waals surface area (Å²) in [6, 6.07) is 8.23. The fraction of sp³-hybridized carbons (Fsp3) is 0.533. The van der Waals surface area contributed by atoms with E-state index in [2.05, 4.69) is 19.1 Å². The summed E-state index contributed by atoms with van der Waals surface area (Å²) >= 11 is 0. The van der Waals surface area contributed by atoms with Gasteiger partial charge < -0.3 is 4.74 Å². The number of ether oxygens (including phenoxy) is 1. The largest absolute Gasteiger partial charge is 0.465 e. The van der Waals surface area contributed by atoms with Crippen LogP contribution in [0.1, 0.15) is 45.2 Å². The minimum Gasteiger partial charge on any atom is -0.465 e. The molecule has 0 radical (unpaired) electrons. The van der Waals surface area contributed by atoms with Crippen molar-refractivity contribution in [1.82, 2.24) is 0 Å². The van der Waals surface area contributed by atoms with Gasteiger partial charge in [-0.05, 0) is 38.3 Å². The lowest BCUT2D eigenvalue weighted by Crippen LogP contribution is -2.31. The van der Waals surface area contributed by atoms with E-state index >= 15 is 0 Å². The monoisotopic (exact) mass is 234 g/mol. The minimum atomic E-state index is -0.570. The zero-order valence-corrected chi connectivity index (χ0v) is 11.2. The van der Waals surface area contributed by atoms with E-state index in [-0.39, 0.29) is 5.97 Å². The Morgan fingerprint density at radius 3 is 2.59 bits per heavy atom. The molecule has 1 rings (SSSR count). The van der Waals surface area contributed by atoms with Crippen LogP contribution >= 0.6 is 0 Å². The summed E-state index contributed by atoms with van der Waals surface area (Å²) in [5.74, 6) is -0.159. The molecule has 0 fully saturated rings. The zero-order valence-electron chi connectivity index (χ0n) is 11.2. The molecule has 0 atom stereocenters. The second-order valence-electron chi connectivity index (χ2n) is 4.80. The van der Waals surface area contributed by atoms with Gasteiger partial charge in [0.1, 0.15) is 0 Å². The van der Waals surface area contributed by atoms with Crippen molar-refractivity contribution in [2.45, 2.75) is 46.0 Å². The molecular formula is C15H22O2. The van der Waals surface area contributed by atoms with E-state index in [1.54, 1.807) is 0 Å². The highest BCUT2D eigenvalue weighted by atomic mass is 16.5. The van der Waals surface area contributed by atoms with Crippen molar-refractivity contribution in [3.05, 3.63) is 35.4 Å². The maximum Gasteiger partial charge on any atom is 0.315 e. The number of benzene rings is 1. The van der Waals surface area contributed by atoms with Gasteiger partial charge in [-0.1, -0.05) is 37.6 Å². The van der Waals surface area contributed by atoms with Gasteiger partial charge in [0.25, 0.3) is 0 Å². The molecule has 0 heterocycles. The molecule has 0 bridgehead atoms. The molecule has 0 saturated heterocycles. The van der Waals surface area contributed by atoms with Gasteiger partial charge in [-0.15, -0.1) is 0 Å². The Bertz CT molecular complexity index is 380. The molecule has 2 nitrogen and oxygen atoms in total. The molecule has 0 unspecified atom stereocenters. The fourth-order valence-electron chi connectivity index (χ4n) is 1.83. The van der Waals surface area contributed by atoms with Crippen LogP contribution in [0.2, 0.25) is 0 Å². The number of rotatable bonds is 5. The molecule has 17 heavy (non-hydrogen) atoms. The van der Waals surface area contributed by atoms with E-state index in [9.17, 15) is 4.79 Å². The Balaban J connectivity index is 2.97. The summed E-state index contributed by atoms with van der Waals surface area (Å²) in [5.41, 5.74) is 1.74. The predicted molar refractivity (Wildman–Crippen MR) is 70.1 cm³/mol. The van der Waals surface area contributed by atoms with Crippen molar-refractivity contribution in [3.63, 3.8) is 0 Å². The third-order valence-electron chi connectivity index (χ3n) is 2.97. The van der Waals surface area contributed by atoms with Crippen LogP contribution in [0.4, 0.5) is 0 Å². The highest BCUT2D eigenvalue weighted by molar-refractivity contribution is 5.82. The minimum absolute atomic E-state index is 0.159. The molecule has 94 valence electrons. The van der Waals surface area contributed by atoms with Crippen LogP contribution < -0.4 is 0 Å². The SMILES string of the molecule is CCCc1cccc(C(C)(C)C(=O)OCC)c1. The van der Waals surface area contributed by atoms with Crippen LogP contribution in [0.25, 0.3) is 0 Å². The van der Waals surface area contributed by atoms with Crippen LogP contribution in [-0.2, 0) is 21.4 Å². The molecule has 1 aromatic carbocycles. The molecule has 0 aliphatic heterocycles. The van der Waals surface area contributed by atoms with Crippen molar-refractivity contribution < 1.29 is 9.53 Å². The summed E-state index contributed by atoms with van der Waals surface area (Å²) in [5, 5.41) is 0. The van der Waals surface area contributed by atoms with Gasteiger partial charge in [0.15, 0.2) is 0 Å². The second-order valence-corrected chi connectivity index (χ2v) is 4.80. The summed E-state index contributed by atoms with van der Waals surface area (Å²) < 4.78 is 5.12. The first-order chi connectivity index (χ1) is 8.02. The van der Waals surface area contributed by atoms with Gasteiger partial charge in [0.05, 0.1) is 12.0 Å². The normalized spacial score (nSPS) is 11.3. The van der Waals surface area contributed by atoms with Crippen LogP contribution in [0.5, 0.6) is 0 Å². The topological polar surface area (TPSA) is 26.3 Å². The molecular weight excluding hydrogens is 212 g/mol. The zero-order chi connectivity index (χ0) is 12.9. The number of aryl methyl sites for hydroxylation is 1. The molecule has 2 heteroatoms.